The Morgan fingerprint density at radius 2 is 0.955 bits per heavy atom. The van der Waals surface area contributed by atoms with Gasteiger partial charge in [-0.05, 0) is 13.0 Å². The molecule has 0 rings (SSSR count). The maximum absolute atomic E-state index is 8.92. The average Bonchev–Trinajstić information content (AvgIpc) is 2.55. The van der Waals surface area contributed by atoms with Crippen molar-refractivity contribution < 1.29 is 10.2 Å². The summed E-state index contributed by atoms with van der Waals surface area (Å²) in [5, 5.41) is 21.0. The lowest BCUT2D eigenvalue weighted by Crippen LogP contribution is -2.36. The van der Waals surface area contributed by atoms with Crippen LogP contribution in [0.2, 0.25) is 0 Å². The zero-order valence-corrected chi connectivity index (χ0v) is 15.0. The lowest BCUT2D eigenvalue weighted by atomic mass is 10.0. The molecule has 0 radical (unpaired) electrons. The molecule has 0 aromatic heterocycles. The molecule has 0 atom stereocenters. The quantitative estimate of drug-likeness (QED) is 0.328. The molecule has 0 spiro atoms. The summed E-state index contributed by atoms with van der Waals surface area (Å²) >= 11 is 0. The molecule has 3 N–H and O–H groups in total. The molecule has 3 heteroatoms. The topological polar surface area (TPSA) is 52.5 Å². The van der Waals surface area contributed by atoms with Gasteiger partial charge in [0.05, 0.1) is 19.3 Å². The van der Waals surface area contributed by atoms with Crippen LogP contribution in [0.5, 0.6) is 0 Å². The number of aliphatic hydroxyl groups excluding tert-OH is 2. The maximum Gasteiger partial charge on any atom is 0.0607 e. The van der Waals surface area contributed by atoms with Gasteiger partial charge in [-0.25, -0.2) is 0 Å². The number of rotatable bonds is 18. The van der Waals surface area contributed by atoms with Gasteiger partial charge in [-0.1, -0.05) is 90.4 Å². The van der Waals surface area contributed by atoms with Crippen LogP contribution in [0.25, 0.3) is 0 Å². The summed E-state index contributed by atoms with van der Waals surface area (Å²) in [4.78, 5) is 0. The van der Waals surface area contributed by atoms with Crippen LogP contribution in [0.15, 0.2) is 0 Å². The Kier molecular flexibility index (Phi) is 18.8. The van der Waals surface area contributed by atoms with Gasteiger partial charge in [0.25, 0.3) is 0 Å². The molecule has 0 aliphatic carbocycles. The lowest BCUT2D eigenvalue weighted by Gasteiger charge is -2.12. The lowest BCUT2D eigenvalue weighted by molar-refractivity contribution is 0.171. The van der Waals surface area contributed by atoms with E-state index >= 15 is 0 Å². The first-order valence-electron chi connectivity index (χ1n) is 9.80. The van der Waals surface area contributed by atoms with Gasteiger partial charge in [0.2, 0.25) is 0 Å². The van der Waals surface area contributed by atoms with Crippen molar-refractivity contribution in [3.05, 3.63) is 0 Å². The van der Waals surface area contributed by atoms with E-state index in [2.05, 4.69) is 12.2 Å². The van der Waals surface area contributed by atoms with Crippen molar-refractivity contribution in [2.75, 3.05) is 19.8 Å². The van der Waals surface area contributed by atoms with Gasteiger partial charge in [0.1, 0.15) is 0 Å². The van der Waals surface area contributed by atoms with E-state index in [-0.39, 0.29) is 19.3 Å². The molecule has 0 fully saturated rings. The molecule has 0 saturated carbocycles. The van der Waals surface area contributed by atoms with Crippen molar-refractivity contribution >= 4 is 0 Å². The first-order chi connectivity index (χ1) is 10.8. The Labute approximate surface area is 138 Å². The molecular formula is C19H41NO2. The molecule has 0 unspecified atom stereocenters. The summed E-state index contributed by atoms with van der Waals surface area (Å²) in [5.41, 5.74) is 0. The fraction of sp³-hybridized carbons (Fsp3) is 1.00. The van der Waals surface area contributed by atoms with E-state index in [1.165, 1.54) is 83.5 Å². The van der Waals surface area contributed by atoms with Gasteiger partial charge in [-0.2, -0.15) is 0 Å². The van der Waals surface area contributed by atoms with Gasteiger partial charge in [0, 0.05) is 0 Å². The van der Waals surface area contributed by atoms with Crippen molar-refractivity contribution in [1.29, 1.82) is 0 Å². The number of hydrogen-bond donors (Lipinski definition) is 3. The van der Waals surface area contributed by atoms with Gasteiger partial charge in [-0.15, -0.1) is 0 Å². The minimum absolute atomic E-state index is 0.0229. The Morgan fingerprint density at radius 3 is 1.32 bits per heavy atom. The van der Waals surface area contributed by atoms with E-state index in [0.717, 1.165) is 13.0 Å². The van der Waals surface area contributed by atoms with Crippen molar-refractivity contribution in [2.45, 2.75) is 103 Å². The van der Waals surface area contributed by atoms with Crippen LogP contribution in [0, 0.1) is 0 Å². The highest BCUT2D eigenvalue weighted by atomic mass is 16.3. The third kappa shape index (κ3) is 16.3. The molecule has 3 nitrogen and oxygen atoms in total. The van der Waals surface area contributed by atoms with E-state index in [9.17, 15) is 0 Å². The highest BCUT2D eigenvalue weighted by Gasteiger charge is 2.02. The Hall–Kier alpha value is -0.120. The van der Waals surface area contributed by atoms with Crippen LogP contribution < -0.4 is 5.32 Å². The van der Waals surface area contributed by atoms with E-state index in [1.807, 2.05) is 0 Å². The predicted molar refractivity (Wildman–Crippen MR) is 96.3 cm³/mol. The Bertz CT molecular complexity index is 196. The van der Waals surface area contributed by atoms with Gasteiger partial charge in [-0.3, -0.25) is 0 Å². The predicted octanol–water partition coefficient (Wildman–Crippen LogP) is 4.41. The Morgan fingerprint density at radius 1 is 0.591 bits per heavy atom. The van der Waals surface area contributed by atoms with Crippen LogP contribution in [-0.2, 0) is 0 Å². The summed E-state index contributed by atoms with van der Waals surface area (Å²) < 4.78 is 0. The van der Waals surface area contributed by atoms with Gasteiger partial charge in [0.15, 0.2) is 0 Å². The smallest absolute Gasteiger partial charge is 0.0607 e. The number of aliphatic hydroxyl groups is 2. The molecule has 0 aliphatic heterocycles. The van der Waals surface area contributed by atoms with Crippen LogP contribution in [0.1, 0.15) is 96.8 Å². The number of nitrogens with one attached hydrogen (secondary N) is 1. The number of unbranched alkanes of at least 4 members (excludes halogenated alkanes) is 13. The second-order valence-corrected chi connectivity index (χ2v) is 6.61. The van der Waals surface area contributed by atoms with Gasteiger partial charge < -0.3 is 15.5 Å². The summed E-state index contributed by atoms with van der Waals surface area (Å²) in [6.07, 6.45) is 19.2. The van der Waals surface area contributed by atoms with Gasteiger partial charge >= 0.3 is 0 Å². The normalized spacial score (nSPS) is 11.5. The standard InChI is InChI=1S/C19H41NO2/c1-2-3-4-5-6-7-8-9-10-11-12-13-14-15-16-20-19(17-21)18-22/h19-22H,2-18H2,1H3. The Balaban J connectivity index is 3.02. The molecule has 0 bridgehead atoms. The zero-order chi connectivity index (χ0) is 16.3. The fourth-order valence-electron chi connectivity index (χ4n) is 2.81. The first kappa shape index (κ1) is 21.9. The fourth-order valence-corrected chi connectivity index (χ4v) is 2.81. The molecule has 0 amide bonds. The van der Waals surface area contributed by atoms with Crippen molar-refractivity contribution in [1.82, 2.24) is 5.32 Å². The molecule has 0 aliphatic rings. The van der Waals surface area contributed by atoms with Crippen LogP contribution in [0.4, 0.5) is 0 Å². The van der Waals surface area contributed by atoms with Crippen LogP contribution in [-0.4, -0.2) is 36.0 Å². The van der Waals surface area contributed by atoms with Crippen molar-refractivity contribution in [2.24, 2.45) is 0 Å². The minimum Gasteiger partial charge on any atom is -0.395 e. The molecule has 134 valence electrons. The molecule has 0 heterocycles. The zero-order valence-electron chi connectivity index (χ0n) is 15.0. The third-order valence-electron chi connectivity index (χ3n) is 4.40. The summed E-state index contributed by atoms with van der Waals surface area (Å²) in [5.74, 6) is 0. The van der Waals surface area contributed by atoms with Crippen LogP contribution in [0.3, 0.4) is 0 Å². The van der Waals surface area contributed by atoms with E-state index in [4.69, 9.17) is 10.2 Å². The molecular weight excluding hydrogens is 274 g/mol. The van der Waals surface area contributed by atoms with E-state index in [1.54, 1.807) is 0 Å². The van der Waals surface area contributed by atoms with Crippen LogP contribution >= 0.6 is 0 Å². The average molecular weight is 316 g/mol. The highest BCUT2D eigenvalue weighted by Crippen LogP contribution is 2.12. The molecule has 0 aromatic carbocycles. The summed E-state index contributed by atoms with van der Waals surface area (Å²) in [7, 11) is 0. The largest absolute Gasteiger partial charge is 0.395 e. The van der Waals surface area contributed by atoms with E-state index < -0.39 is 0 Å². The maximum atomic E-state index is 8.92. The highest BCUT2D eigenvalue weighted by molar-refractivity contribution is 4.62. The monoisotopic (exact) mass is 315 g/mol. The second-order valence-electron chi connectivity index (χ2n) is 6.61. The minimum atomic E-state index is -0.137. The van der Waals surface area contributed by atoms with Crippen molar-refractivity contribution in [3.8, 4) is 0 Å². The third-order valence-corrected chi connectivity index (χ3v) is 4.40. The summed E-state index contributed by atoms with van der Waals surface area (Å²) in [6.45, 7) is 3.23. The van der Waals surface area contributed by atoms with E-state index in [0.29, 0.717) is 0 Å². The first-order valence-corrected chi connectivity index (χ1v) is 9.80. The second kappa shape index (κ2) is 18.9. The molecule has 0 aromatic rings. The molecule has 0 saturated heterocycles. The van der Waals surface area contributed by atoms with Crippen molar-refractivity contribution in [3.63, 3.8) is 0 Å². The number of hydrogen-bond acceptors (Lipinski definition) is 3. The molecule has 22 heavy (non-hydrogen) atoms. The SMILES string of the molecule is CCCCCCCCCCCCCCCCNC(CO)CO. The summed E-state index contributed by atoms with van der Waals surface area (Å²) in [6, 6.07) is -0.137.